The summed E-state index contributed by atoms with van der Waals surface area (Å²) in [7, 11) is 3.13. The predicted octanol–water partition coefficient (Wildman–Crippen LogP) is 7.10. The van der Waals surface area contributed by atoms with E-state index in [0.29, 0.717) is 60.2 Å². The summed E-state index contributed by atoms with van der Waals surface area (Å²) in [5.74, 6) is 1.57. The molecule has 0 bridgehead atoms. The number of allylic oxidation sites excluding steroid dienone is 1. The highest BCUT2D eigenvalue weighted by molar-refractivity contribution is 9.10. The fraction of sp³-hybridized carbons (Fsp3) is 0.256. The number of methoxy groups -OCH3 is 2. The third-order valence-electron chi connectivity index (χ3n) is 8.16. The van der Waals surface area contributed by atoms with Crippen LogP contribution in [-0.2, 0) is 16.1 Å². The Morgan fingerprint density at radius 3 is 2.42 bits per heavy atom. The van der Waals surface area contributed by atoms with Crippen molar-refractivity contribution in [2.45, 2.75) is 46.4 Å². The van der Waals surface area contributed by atoms with Gasteiger partial charge in [0.2, 0.25) is 0 Å². The van der Waals surface area contributed by atoms with Crippen LogP contribution in [0.15, 0.2) is 98.3 Å². The highest BCUT2D eigenvalue weighted by Gasteiger charge is 2.34. The third kappa shape index (κ3) is 7.06. The Morgan fingerprint density at radius 1 is 0.960 bits per heavy atom. The zero-order chi connectivity index (χ0) is 35.5. The number of rotatable bonds is 11. The fourth-order valence-electron chi connectivity index (χ4n) is 5.88. The number of aromatic nitrogens is 1. The first-order chi connectivity index (χ1) is 24.1. The highest BCUT2D eigenvalue weighted by atomic mass is 79.9. The first-order valence-corrected chi connectivity index (χ1v) is 17.7. The van der Waals surface area contributed by atoms with Crippen LogP contribution in [0.3, 0.4) is 0 Å². The number of hydrogen-bond donors (Lipinski definition) is 0. The van der Waals surface area contributed by atoms with E-state index in [2.05, 4.69) is 40.2 Å². The zero-order valence-corrected chi connectivity index (χ0v) is 31.0. The lowest BCUT2D eigenvalue weighted by Crippen LogP contribution is -2.40. The maximum atomic E-state index is 14.3. The maximum absolute atomic E-state index is 14.3. The van der Waals surface area contributed by atoms with Crippen molar-refractivity contribution in [1.29, 1.82) is 0 Å². The van der Waals surface area contributed by atoms with Gasteiger partial charge in [0.1, 0.15) is 6.61 Å². The van der Waals surface area contributed by atoms with Gasteiger partial charge < -0.3 is 23.7 Å². The van der Waals surface area contributed by atoms with Crippen LogP contribution < -0.4 is 33.8 Å². The molecule has 0 N–H and O–H groups in total. The number of halogens is 1. The Bertz CT molecular complexity index is 2310. The SMILES string of the molecule is CCOC(=O)C1=C(C)N=c2s/c(=C\c3cc(OC)c(OCc4ccc5ccccc5c4)cc3Br)c(=O)n2[C@@H]1c1ccc(OC(C)C)c(OC)c1. The van der Waals surface area contributed by atoms with E-state index in [4.69, 9.17) is 28.7 Å². The van der Waals surface area contributed by atoms with Crippen LogP contribution in [0.4, 0.5) is 0 Å². The third-order valence-corrected chi connectivity index (χ3v) is 9.83. The molecule has 4 aromatic carbocycles. The quantitative estimate of drug-likeness (QED) is 0.133. The predicted molar refractivity (Wildman–Crippen MR) is 198 cm³/mol. The van der Waals surface area contributed by atoms with E-state index in [9.17, 15) is 9.59 Å². The lowest BCUT2D eigenvalue weighted by Gasteiger charge is -2.25. The second-order valence-corrected chi connectivity index (χ2v) is 13.7. The molecule has 1 aliphatic heterocycles. The Morgan fingerprint density at radius 2 is 1.70 bits per heavy atom. The van der Waals surface area contributed by atoms with Gasteiger partial charge in [-0.2, -0.15) is 0 Å². The van der Waals surface area contributed by atoms with E-state index in [1.807, 2.05) is 50.2 Å². The molecule has 0 unspecified atom stereocenters. The van der Waals surface area contributed by atoms with E-state index >= 15 is 0 Å². The summed E-state index contributed by atoms with van der Waals surface area (Å²) in [4.78, 5) is 32.8. The molecule has 258 valence electrons. The monoisotopic (exact) mass is 756 g/mol. The van der Waals surface area contributed by atoms with Crippen molar-refractivity contribution in [3.63, 3.8) is 0 Å². The summed E-state index contributed by atoms with van der Waals surface area (Å²) in [5.41, 5.74) is 2.83. The first kappa shape index (κ1) is 35.0. The van der Waals surface area contributed by atoms with Gasteiger partial charge in [0.05, 0.1) is 48.8 Å². The van der Waals surface area contributed by atoms with E-state index < -0.39 is 12.0 Å². The van der Waals surface area contributed by atoms with Crippen molar-refractivity contribution in [2.75, 3.05) is 20.8 Å². The fourth-order valence-corrected chi connectivity index (χ4v) is 7.35. The molecule has 6 rings (SSSR count). The lowest BCUT2D eigenvalue weighted by atomic mass is 9.95. The molecular weight excluding hydrogens is 720 g/mol. The normalized spacial score (nSPS) is 14.4. The molecule has 9 nitrogen and oxygen atoms in total. The van der Waals surface area contributed by atoms with Crippen LogP contribution in [0, 0.1) is 0 Å². The van der Waals surface area contributed by atoms with Gasteiger partial charge in [-0.1, -0.05) is 69.7 Å². The van der Waals surface area contributed by atoms with E-state index in [0.717, 1.165) is 10.9 Å². The van der Waals surface area contributed by atoms with Crippen LogP contribution >= 0.6 is 27.3 Å². The Labute approximate surface area is 302 Å². The van der Waals surface area contributed by atoms with Gasteiger partial charge in [-0.25, -0.2) is 9.79 Å². The molecule has 0 saturated carbocycles. The smallest absolute Gasteiger partial charge is 0.338 e. The molecule has 11 heteroatoms. The molecule has 1 aromatic heterocycles. The first-order valence-electron chi connectivity index (χ1n) is 16.1. The second-order valence-electron chi connectivity index (χ2n) is 11.9. The number of benzene rings is 4. The minimum Gasteiger partial charge on any atom is -0.493 e. The Kier molecular flexibility index (Phi) is 10.4. The largest absolute Gasteiger partial charge is 0.493 e. The number of thiazole rings is 1. The van der Waals surface area contributed by atoms with Crippen molar-refractivity contribution >= 4 is 50.1 Å². The summed E-state index contributed by atoms with van der Waals surface area (Å²) in [6.45, 7) is 7.87. The molecule has 1 aliphatic rings. The van der Waals surface area contributed by atoms with Gasteiger partial charge >= 0.3 is 5.97 Å². The Balaban J connectivity index is 1.39. The molecule has 0 aliphatic carbocycles. The van der Waals surface area contributed by atoms with Gasteiger partial charge in [-0.15, -0.1) is 0 Å². The number of hydrogen-bond acceptors (Lipinski definition) is 9. The molecule has 1 atom stereocenters. The average Bonchev–Trinajstić information content (AvgIpc) is 3.41. The molecule has 0 spiro atoms. The number of carbonyl (C=O) groups is 1. The minimum atomic E-state index is -0.807. The molecular formula is C39H37BrN2O7S. The van der Waals surface area contributed by atoms with Gasteiger partial charge in [-0.3, -0.25) is 9.36 Å². The zero-order valence-electron chi connectivity index (χ0n) is 28.6. The topological polar surface area (TPSA) is 97.6 Å². The summed E-state index contributed by atoms with van der Waals surface area (Å²) >= 11 is 4.91. The standard InChI is InChI=1S/C39H37BrN2O7S/c1-7-47-38(44)35-23(4)41-39-42(36(35)27-14-15-30(49-22(2)3)31(17-27)45-5)37(43)34(50-39)19-28-18-32(46-6)33(20-29(28)40)48-21-24-12-13-25-10-8-9-11-26(25)16-24/h8-20,22,36H,7,21H2,1-6H3/b34-19-/t36-/m1/s1. The molecule has 0 amide bonds. The summed E-state index contributed by atoms with van der Waals surface area (Å²) in [5, 5.41) is 2.31. The van der Waals surface area contributed by atoms with E-state index in [1.54, 1.807) is 50.8 Å². The molecule has 5 aromatic rings. The van der Waals surface area contributed by atoms with Crippen LogP contribution in [0.2, 0.25) is 0 Å². The van der Waals surface area contributed by atoms with E-state index in [-0.39, 0.29) is 23.8 Å². The summed E-state index contributed by atoms with van der Waals surface area (Å²) < 4.78 is 31.6. The van der Waals surface area contributed by atoms with Crippen LogP contribution in [0.25, 0.3) is 16.8 Å². The molecule has 50 heavy (non-hydrogen) atoms. The summed E-state index contributed by atoms with van der Waals surface area (Å²) in [6, 6.07) is 22.7. The van der Waals surface area contributed by atoms with Crippen molar-refractivity contribution in [2.24, 2.45) is 4.99 Å². The number of esters is 1. The van der Waals surface area contributed by atoms with Crippen molar-refractivity contribution in [3.8, 4) is 23.0 Å². The van der Waals surface area contributed by atoms with Crippen molar-refractivity contribution in [1.82, 2.24) is 4.57 Å². The molecule has 0 fully saturated rings. The number of nitrogens with zero attached hydrogens (tertiary/aromatic N) is 2. The maximum Gasteiger partial charge on any atom is 0.338 e. The van der Waals surface area contributed by atoms with Gasteiger partial charge in [0.25, 0.3) is 5.56 Å². The summed E-state index contributed by atoms with van der Waals surface area (Å²) in [6.07, 6.45) is 1.71. The molecule has 0 radical (unpaired) electrons. The number of carbonyl (C=O) groups excluding carboxylic acids is 1. The Hall–Kier alpha value is -4.87. The van der Waals surface area contributed by atoms with Crippen molar-refractivity contribution < 1.29 is 28.5 Å². The highest BCUT2D eigenvalue weighted by Crippen LogP contribution is 2.37. The molecule has 0 saturated heterocycles. The van der Waals surface area contributed by atoms with Gasteiger partial charge in [-0.05, 0) is 91.6 Å². The van der Waals surface area contributed by atoms with Gasteiger partial charge in [0, 0.05) is 4.47 Å². The van der Waals surface area contributed by atoms with Crippen molar-refractivity contribution in [3.05, 3.63) is 125 Å². The van der Waals surface area contributed by atoms with Crippen LogP contribution in [0.5, 0.6) is 23.0 Å². The second kappa shape index (κ2) is 14.9. The van der Waals surface area contributed by atoms with Crippen LogP contribution in [-0.4, -0.2) is 37.5 Å². The lowest BCUT2D eigenvalue weighted by molar-refractivity contribution is -0.139. The van der Waals surface area contributed by atoms with Gasteiger partial charge in [0.15, 0.2) is 27.8 Å². The minimum absolute atomic E-state index is 0.0761. The number of ether oxygens (including phenoxy) is 5. The molecule has 2 heterocycles. The van der Waals surface area contributed by atoms with Crippen LogP contribution in [0.1, 0.15) is 50.4 Å². The van der Waals surface area contributed by atoms with E-state index in [1.165, 1.54) is 16.7 Å². The average molecular weight is 758 g/mol. The number of fused-ring (bicyclic) bond motifs is 2.